The summed E-state index contributed by atoms with van der Waals surface area (Å²) >= 11 is 0. The van der Waals surface area contributed by atoms with Crippen LogP contribution in [0.2, 0.25) is 0 Å². The van der Waals surface area contributed by atoms with Crippen molar-refractivity contribution in [3.63, 3.8) is 0 Å². The number of ether oxygens (including phenoxy) is 2. The van der Waals surface area contributed by atoms with Gasteiger partial charge in [0.05, 0.1) is 19.1 Å². The molecule has 0 fully saturated rings. The molecule has 2 aromatic carbocycles. The summed E-state index contributed by atoms with van der Waals surface area (Å²) in [6, 6.07) is 7.65. The van der Waals surface area contributed by atoms with Crippen molar-refractivity contribution in [2.75, 3.05) is 14.2 Å². The molecule has 18 heavy (non-hydrogen) atoms. The van der Waals surface area contributed by atoms with Gasteiger partial charge in [-0.25, -0.2) is 0 Å². The lowest BCUT2D eigenvalue weighted by Gasteiger charge is -2.10. The van der Waals surface area contributed by atoms with Crippen LogP contribution in [0.15, 0.2) is 35.2 Å². The van der Waals surface area contributed by atoms with E-state index >= 15 is 0 Å². The highest BCUT2D eigenvalue weighted by Crippen LogP contribution is 2.34. The molecule has 2 rings (SSSR count). The van der Waals surface area contributed by atoms with Gasteiger partial charge in [-0.1, -0.05) is 0 Å². The molecule has 0 aliphatic carbocycles. The summed E-state index contributed by atoms with van der Waals surface area (Å²) in [6.45, 7) is 0. The molecule has 6 heteroatoms. The Balaban J connectivity index is 2.82. The summed E-state index contributed by atoms with van der Waals surface area (Å²) in [4.78, 5) is -0.179. The van der Waals surface area contributed by atoms with E-state index in [0.717, 1.165) is 0 Å². The molecule has 0 bridgehead atoms. The maximum absolute atomic E-state index is 11.1. The van der Waals surface area contributed by atoms with Crippen LogP contribution < -0.4 is 9.47 Å². The average Bonchev–Trinajstić information content (AvgIpc) is 2.35. The van der Waals surface area contributed by atoms with Gasteiger partial charge in [0, 0.05) is 10.8 Å². The summed E-state index contributed by atoms with van der Waals surface area (Å²) in [7, 11) is -1.22. The number of methoxy groups -OCH3 is 2. The van der Waals surface area contributed by atoms with Gasteiger partial charge in [-0.15, -0.1) is 0 Å². The van der Waals surface area contributed by atoms with E-state index in [1.807, 2.05) is 0 Å². The molecule has 0 aliphatic rings. The van der Waals surface area contributed by atoms with Crippen LogP contribution in [0.3, 0.4) is 0 Å². The van der Waals surface area contributed by atoms with E-state index in [1.165, 1.54) is 26.4 Å². The van der Waals surface area contributed by atoms with Gasteiger partial charge in [-0.2, -0.15) is 8.42 Å². The molecule has 0 unspecified atom stereocenters. The van der Waals surface area contributed by atoms with E-state index in [4.69, 9.17) is 14.0 Å². The van der Waals surface area contributed by atoms with Crippen LogP contribution in [0.5, 0.6) is 11.5 Å². The van der Waals surface area contributed by atoms with Gasteiger partial charge in [0.25, 0.3) is 10.1 Å². The quantitative estimate of drug-likeness (QED) is 0.863. The Morgan fingerprint density at radius 3 is 2.00 bits per heavy atom. The van der Waals surface area contributed by atoms with Gasteiger partial charge in [-0.3, -0.25) is 4.55 Å². The Morgan fingerprint density at radius 2 is 1.50 bits per heavy atom. The Bertz CT molecular complexity index is 691. The summed E-state index contributed by atoms with van der Waals surface area (Å²) in [6.07, 6.45) is 0. The molecule has 0 heterocycles. The zero-order valence-corrected chi connectivity index (χ0v) is 10.7. The lowest BCUT2D eigenvalue weighted by Crippen LogP contribution is -1.98. The third kappa shape index (κ3) is 2.12. The standard InChI is InChI=1S/C12H12O5S/c1-16-11-5-6-12(17-2)10-7-8(18(13,14)15)3-4-9(10)11/h3-7H,1-2H3,(H,13,14,15). The first kappa shape index (κ1) is 12.7. The van der Waals surface area contributed by atoms with Crippen molar-refractivity contribution in [3.05, 3.63) is 30.3 Å². The van der Waals surface area contributed by atoms with Crippen LogP contribution in [0.4, 0.5) is 0 Å². The summed E-state index contributed by atoms with van der Waals surface area (Å²) in [5.74, 6) is 1.11. The fraction of sp³-hybridized carbons (Fsp3) is 0.167. The second-order valence-electron chi connectivity index (χ2n) is 3.65. The van der Waals surface area contributed by atoms with Crippen LogP contribution in [0, 0.1) is 0 Å². The van der Waals surface area contributed by atoms with Crippen LogP contribution in [0.1, 0.15) is 0 Å². The van der Waals surface area contributed by atoms with Crippen molar-refractivity contribution in [1.29, 1.82) is 0 Å². The maximum atomic E-state index is 11.1. The van der Waals surface area contributed by atoms with Crippen molar-refractivity contribution < 1.29 is 22.4 Å². The highest BCUT2D eigenvalue weighted by atomic mass is 32.2. The lowest BCUT2D eigenvalue weighted by atomic mass is 10.1. The minimum absolute atomic E-state index is 0.179. The largest absolute Gasteiger partial charge is 0.496 e. The molecule has 0 saturated carbocycles. The van der Waals surface area contributed by atoms with E-state index in [2.05, 4.69) is 0 Å². The van der Waals surface area contributed by atoms with Crippen molar-refractivity contribution in [2.45, 2.75) is 4.90 Å². The van der Waals surface area contributed by atoms with Crippen molar-refractivity contribution in [2.24, 2.45) is 0 Å². The first-order valence-electron chi connectivity index (χ1n) is 5.09. The minimum Gasteiger partial charge on any atom is -0.496 e. The highest BCUT2D eigenvalue weighted by Gasteiger charge is 2.13. The van der Waals surface area contributed by atoms with E-state index in [9.17, 15) is 8.42 Å². The number of rotatable bonds is 3. The summed E-state index contributed by atoms with van der Waals surface area (Å²) in [5, 5.41) is 1.27. The third-order valence-corrected chi connectivity index (χ3v) is 3.50. The molecular formula is C12H12O5S. The second kappa shape index (κ2) is 4.47. The molecule has 0 amide bonds. The van der Waals surface area contributed by atoms with Gasteiger partial charge >= 0.3 is 0 Å². The third-order valence-electron chi connectivity index (χ3n) is 2.65. The zero-order chi connectivity index (χ0) is 13.3. The molecule has 0 saturated heterocycles. The van der Waals surface area contributed by atoms with E-state index in [1.54, 1.807) is 18.2 Å². The molecule has 0 aromatic heterocycles. The Morgan fingerprint density at radius 1 is 0.944 bits per heavy atom. The normalized spacial score (nSPS) is 11.5. The zero-order valence-electron chi connectivity index (χ0n) is 9.88. The van der Waals surface area contributed by atoms with Crippen molar-refractivity contribution in [1.82, 2.24) is 0 Å². The molecular weight excluding hydrogens is 256 g/mol. The minimum atomic E-state index is -4.24. The fourth-order valence-electron chi connectivity index (χ4n) is 1.79. The topological polar surface area (TPSA) is 72.8 Å². The van der Waals surface area contributed by atoms with Gasteiger partial charge < -0.3 is 9.47 Å². The first-order valence-corrected chi connectivity index (χ1v) is 6.53. The van der Waals surface area contributed by atoms with Gasteiger partial charge in [-0.05, 0) is 30.3 Å². The molecule has 0 aliphatic heterocycles. The van der Waals surface area contributed by atoms with Crippen molar-refractivity contribution in [3.8, 4) is 11.5 Å². The SMILES string of the molecule is COc1ccc(OC)c2cc(S(=O)(=O)O)ccc12. The number of benzene rings is 2. The number of fused-ring (bicyclic) bond motifs is 1. The van der Waals surface area contributed by atoms with E-state index in [-0.39, 0.29) is 4.90 Å². The van der Waals surface area contributed by atoms with Crippen LogP contribution >= 0.6 is 0 Å². The molecule has 0 spiro atoms. The second-order valence-corrected chi connectivity index (χ2v) is 5.07. The fourth-order valence-corrected chi connectivity index (χ4v) is 2.30. The smallest absolute Gasteiger partial charge is 0.294 e. The van der Waals surface area contributed by atoms with E-state index in [0.29, 0.717) is 22.3 Å². The Kier molecular flexibility index (Phi) is 3.14. The first-order chi connectivity index (χ1) is 8.47. The predicted molar refractivity (Wildman–Crippen MR) is 66.9 cm³/mol. The molecule has 1 N–H and O–H groups in total. The Labute approximate surface area is 105 Å². The molecule has 2 aromatic rings. The van der Waals surface area contributed by atoms with Gasteiger partial charge in [0.1, 0.15) is 11.5 Å². The molecule has 96 valence electrons. The van der Waals surface area contributed by atoms with Gasteiger partial charge in [0.2, 0.25) is 0 Å². The predicted octanol–water partition coefficient (Wildman–Crippen LogP) is 2.10. The molecule has 0 radical (unpaired) electrons. The monoisotopic (exact) mass is 268 g/mol. The molecule has 5 nitrogen and oxygen atoms in total. The number of hydrogen-bond acceptors (Lipinski definition) is 4. The van der Waals surface area contributed by atoms with E-state index < -0.39 is 10.1 Å². The molecule has 0 atom stereocenters. The average molecular weight is 268 g/mol. The number of hydrogen-bond donors (Lipinski definition) is 1. The summed E-state index contributed by atoms with van der Waals surface area (Å²) in [5.41, 5.74) is 0. The van der Waals surface area contributed by atoms with Crippen molar-refractivity contribution >= 4 is 20.9 Å². The van der Waals surface area contributed by atoms with Crippen LogP contribution in [0.25, 0.3) is 10.8 Å². The Hall–Kier alpha value is -1.79. The van der Waals surface area contributed by atoms with Crippen LogP contribution in [-0.2, 0) is 10.1 Å². The van der Waals surface area contributed by atoms with Gasteiger partial charge in [0.15, 0.2) is 0 Å². The van der Waals surface area contributed by atoms with Crippen LogP contribution in [-0.4, -0.2) is 27.2 Å². The maximum Gasteiger partial charge on any atom is 0.294 e. The lowest BCUT2D eigenvalue weighted by molar-refractivity contribution is 0.410. The summed E-state index contributed by atoms with van der Waals surface area (Å²) < 4.78 is 41.6. The highest BCUT2D eigenvalue weighted by molar-refractivity contribution is 7.85.